The van der Waals surface area contributed by atoms with Crippen LogP contribution < -0.4 is 10.8 Å². The summed E-state index contributed by atoms with van der Waals surface area (Å²) in [6.07, 6.45) is 2.63. The first-order valence-electron chi connectivity index (χ1n) is 3.04. The minimum Gasteiger partial charge on any atom is -0.545 e. The standard InChI is InChI=1S/C7H8N2O2/c1-4-5(7(10)11)2-9-3-6(4)8/h2-3H,8H2,1H3,(H,10,11)/p-1. The van der Waals surface area contributed by atoms with Crippen LogP contribution >= 0.6 is 0 Å². The molecule has 1 heterocycles. The summed E-state index contributed by atoms with van der Waals surface area (Å²) in [5.41, 5.74) is 6.32. The van der Waals surface area contributed by atoms with E-state index in [2.05, 4.69) is 4.98 Å². The van der Waals surface area contributed by atoms with Crippen LogP contribution in [0.2, 0.25) is 0 Å². The summed E-state index contributed by atoms with van der Waals surface area (Å²) in [5.74, 6) is -1.25. The molecule has 58 valence electrons. The van der Waals surface area contributed by atoms with E-state index in [9.17, 15) is 9.90 Å². The second kappa shape index (κ2) is 2.57. The topological polar surface area (TPSA) is 79.0 Å². The van der Waals surface area contributed by atoms with Gasteiger partial charge in [-0.2, -0.15) is 0 Å². The lowest BCUT2D eigenvalue weighted by molar-refractivity contribution is -0.255. The highest BCUT2D eigenvalue weighted by Crippen LogP contribution is 2.11. The fourth-order valence-corrected chi connectivity index (χ4v) is 0.747. The quantitative estimate of drug-likeness (QED) is 0.577. The number of carboxylic acids is 1. The zero-order chi connectivity index (χ0) is 8.43. The van der Waals surface area contributed by atoms with E-state index in [1.54, 1.807) is 6.92 Å². The van der Waals surface area contributed by atoms with E-state index in [0.29, 0.717) is 11.3 Å². The van der Waals surface area contributed by atoms with Gasteiger partial charge in [0.05, 0.1) is 17.9 Å². The summed E-state index contributed by atoms with van der Waals surface area (Å²) >= 11 is 0. The molecule has 11 heavy (non-hydrogen) atoms. The Balaban J connectivity index is 3.27. The molecule has 4 nitrogen and oxygen atoms in total. The third-order valence-corrected chi connectivity index (χ3v) is 1.47. The molecule has 0 amide bonds. The van der Waals surface area contributed by atoms with Gasteiger partial charge in [0, 0.05) is 11.8 Å². The number of pyridine rings is 1. The zero-order valence-electron chi connectivity index (χ0n) is 6.00. The molecular formula is C7H7N2O2-. The van der Waals surface area contributed by atoms with Crippen molar-refractivity contribution < 1.29 is 9.90 Å². The van der Waals surface area contributed by atoms with Crippen molar-refractivity contribution in [1.29, 1.82) is 0 Å². The molecule has 0 bridgehead atoms. The van der Waals surface area contributed by atoms with Crippen molar-refractivity contribution in [2.75, 3.05) is 5.73 Å². The summed E-state index contributed by atoms with van der Waals surface area (Å²) in [6.45, 7) is 1.61. The van der Waals surface area contributed by atoms with Crippen LogP contribution in [0.3, 0.4) is 0 Å². The Hall–Kier alpha value is -1.58. The molecule has 0 aromatic carbocycles. The molecule has 4 heteroatoms. The molecule has 1 aromatic rings. The number of aromatic carboxylic acids is 1. The number of nitrogen functional groups attached to an aromatic ring is 1. The van der Waals surface area contributed by atoms with Crippen LogP contribution in [-0.2, 0) is 0 Å². The zero-order valence-corrected chi connectivity index (χ0v) is 6.00. The van der Waals surface area contributed by atoms with Crippen molar-refractivity contribution >= 4 is 11.7 Å². The van der Waals surface area contributed by atoms with Gasteiger partial charge >= 0.3 is 0 Å². The van der Waals surface area contributed by atoms with Gasteiger partial charge in [0.25, 0.3) is 0 Å². The number of carbonyl (C=O) groups excluding carboxylic acids is 1. The highest BCUT2D eigenvalue weighted by Gasteiger charge is 2.01. The van der Waals surface area contributed by atoms with Crippen molar-refractivity contribution in [2.24, 2.45) is 0 Å². The normalized spacial score (nSPS) is 9.55. The minimum absolute atomic E-state index is 0.0463. The number of hydrogen-bond donors (Lipinski definition) is 1. The molecule has 1 rings (SSSR count). The molecule has 0 unspecified atom stereocenters. The van der Waals surface area contributed by atoms with Crippen molar-refractivity contribution in [3.05, 3.63) is 23.5 Å². The predicted octanol–water partition coefficient (Wildman–Crippen LogP) is -0.664. The molecule has 0 saturated carbocycles. The number of carbonyl (C=O) groups is 1. The summed E-state index contributed by atoms with van der Waals surface area (Å²) in [5, 5.41) is 10.4. The first-order chi connectivity index (χ1) is 5.13. The maximum atomic E-state index is 10.4. The molecule has 0 radical (unpaired) electrons. The van der Waals surface area contributed by atoms with E-state index in [-0.39, 0.29) is 5.56 Å². The lowest BCUT2D eigenvalue weighted by Crippen LogP contribution is -2.23. The molecule has 0 aliphatic rings. The molecule has 0 atom stereocenters. The first kappa shape index (κ1) is 7.53. The largest absolute Gasteiger partial charge is 0.545 e. The molecule has 0 saturated heterocycles. The second-order valence-electron chi connectivity index (χ2n) is 2.19. The highest BCUT2D eigenvalue weighted by atomic mass is 16.4. The smallest absolute Gasteiger partial charge is 0.0734 e. The molecule has 1 aromatic heterocycles. The monoisotopic (exact) mass is 151 g/mol. The van der Waals surface area contributed by atoms with Gasteiger partial charge in [-0.05, 0) is 12.5 Å². The summed E-state index contributed by atoms with van der Waals surface area (Å²) < 4.78 is 0. The fourth-order valence-electron chi connectivity index (χ4n) is 0.747. The van der Waals surface area contributed by atoms with Crippen molar-refractivity contribution in [3.63, 3.8) is 0 Å². The van der Waals surface area contributed by atoms with E-state index in [1.807, 2.05) is 0 Å². The fraction of sp³-hybridized carbons (Fsp3) is 0.143. The Kier molecular flexibility index (Phi) is 1.76. The van der Waals surface area contributed by atoms with Crippen LogP contribution in [0.15, 0.2) is 12.4 Å². The van der Waals surface area contributed by atoms with Gasteiger partial charge in [0.15, 0.2) is 0 Å². The summed E-state index contributed by atoms with van der Waals surface area (Å²) in [7, 11) is 0. The average Bonchev–Trinajstić information content (AvgIpc) is 1.94. The van der Waals surface area contributed by atoms with Crippen LogP contribution in [0.25, 0.3) is 0 Å². The SMILES string of the molecule is Cc1c(N)cncc1C(=O)[O-]. The van der Waals surface area contributed by atoms with E-state index < -0.39 is 5.97 Å². The summed E-state index contributed by atoms with van der Waals surface area (Å²) in [4.78, 5) is 14.0. The number of hydrogen-bond acceptors (Lipinski definition) is 4. The molecule has 0 fully saturated rings. The Bertz CT molecular complexity index is 296. The summed E-state index contributed by atoms with van der Waals surface area (Å²) in [6, 6.07) is 0. The van der Waals surface area contributed by atoms with Crippen molar-refractivity contribution in [1.82, 2.24) is 4.98 Å². The van der Waals surface area contributed by atoms with Crippen LogP contribution in [-0.4, -0.2) is 11.0 Å². The van der Waals surface area contributed by atoms with Gasteiger partial charge in [-0.1, -0.05) is 0 Å². The lowest BCUT2D eigenvalue weighted by atomic mass is 10.1. The maximum Gasteiger partial charge on any atom is 0.0734 e. The Morgan fingerprint density at radius 2 is 2.27 bits per heavy atom. The van der Waals surface area contributed by atoms with E-state index in [4.69, 9.17) is 5.73 Å². The van der Waals surface area contributed by atoms with Gasteiger partial charge in [-0.25, -0.2) is 0 Å². The second-order valence-corrected chi connectivity index (χ2v) is 2.19. The van der Waals surface area contributed by atoms with Gasteiger partial charge in [-0.15, -0.1) is 0 Å². The minimum atomic E-state index is -1.25. The van der Waals surface area contributed by atoms with Gasteiger partial charge in [0.2, 0.25) is 0 Å². The third kappa shape index (κ3) is 1.29. The van der Waals surface area contributed by atoms with Crippen LogP contribution in [0.5, 0.6) is 0 Å². The number of nitrogens with zero attached hydrogens (tertiary/aromatic N) is 1. The number of nitrogens with two attached hydrogens (primary N) is 1. The van der Waals surface area contributed by atoms with E-state index in [0.717, 1.165) is 0 Å². The van der Waals surface area contributed by atoms with Gasteiger partial charge < -0.3 is 15.6 Å². The van der Waals surface area contributed by atoms with E-state index >= 15 is 0 Å². The number of aromatic nitrogens is 1. The van der Waals surface area contributed by atoms with Gasteiger partial charge in [0.1, 0.15) is 0 Å². The molecule has 0 aliphatic heterocycles. The Morgan fingerprint density at radius 3 is 2.73 bits per heavy atom. The van der Waals surface area contributed by atoms with Crippen LogP contribution in [0.1, 0.15) is 15.9 Å². The van der Waals surface area contributed by atoms with Crippen LogP contribution in [0, 0.1) is 6.92 Å². The lowest BCUT2D eigenvalue weighted by Gasteiger charge is -2.06. The van der Waals surface area contributed by atoms with Gasteiger partial charge in [-0.3, -0.25) is 4.98 Å². The number of carboxylic acid groups (broad SMARTS) is 1. The number of rotatable bonds is 1. The first-order valence-corrected chi connectivity index (χ1v) is 3.04. The molecule has 2 N–H and O–H groups in total. The maximum absolute atomic E-state index is 10.4. The number of anilines is 1. The third-order valence-electron chi connectivity index (χ3n) is 1.47. The van der Waals surface area contributed by atoms with Crippen LogP contribution in [0.4, 0.5) is 5.69 Å². The Morgan fingerprint density at radius 1 is 1.64 bits per heavy atom. The molecule has 0 spiro atoms. The predicted molar refractivity (Wildman–Crippen MR) is 37.7 cm³/mol. The van der Waals surface area contributed by atoms with Crippen molar-refractivity contribution in [2.45, 2.75) is 6.92 Å². The average molecular weight is 151 g/mol. The van der Waals surface area contributed by atoms with Crippen molar-refractivity contribution in [3.8, 4) is 0 Å². The molecule has 0 aliphatic carbocycles. The highest BCUT2D eigenvalue weighted by molar-refractivity contribution is 5.88. The Labute approximate surface area is 63.7 Å². The van der Waals surface area contributed by atoms with E-state index in [1.165, 1.54) is 12.4 Å². The molecular weight excluding hydrogens is 144 g/mol.